The number of rotatable bonds is 6. The second-order valence-electron chi connectivity index (χ2n) is 6.90. The van der Waals surface area contributed by atoms with Crippen molar-refractivity contribution in [3.63, 3.8) is 0 Å². The zero-order valence-electron chi connectivity index (χ0n) is 15.4. The molecule has 1 aliphatic heterocycles. The van der Waals surface area contributed by atoms with Crippen LogP contribution < -0.4 is 10.0 Å². The van der Waals surface area contributed by atoms with Gasteiger partial charge in [0.25, 0.3) is 0 Å². The molecule has 6 nitrogen and oxygen atoms in total. The second kappa shape index (κ2) is 8.65. The lowest BCUT2D eigenvalue weighted by Gasteiger charge is -2.31. The summed E-state index contributed by atoms with van der Waals surface area (Å²) in [4.78, 5) is 14.5. The molecule has 1 fully saturated rings. The van der Waals surface area contributed by atoms with Gasteiger partial charge in [-0.15, -0.1) is 0 Å². The van der Waals surface area contributed by atoms with Crippen molar-refractivity contribution >= 4 is 21.6 Å². The predicted octanol–water partition coefficient (Wildman–Crippen LogP) is 2.38. The van der Waals surface area contributed by atoms with Crippen LogP contribution in [0.3, 0.4) is 0 Å². The molecule has 0 aromatic heterocycles. The summed E-state index contributed by atoms with van der Waals surface area (Å²) >= 11 is 0. The number of carbonyl (C=O) groups is 1. The minimum Gasteiger partial charge on any atom is -0.325 e. The Hall–Kier alpha value is -2.22. The fourth-order valence-corrected chi connectivity index (χ4v) is 4.44. The van der Waals surface area contributed by atoms with Crippen LogP contribution in [0.1, 0.15) is 18.4 Å². The van der Waals surface area contributed by atoms with Gasteiger partial charge in [0.05, 0.1) is 11.4 Å². The highest BCUT2D eigenvalue weighted by Crippen LogP contribution is 2.16. The summed E-state index contributed by atoms with van der Waals surface area (Å²) < 4.78 is 27.8. The molecule has 0 aliphatic carbocycles. The van der Waals surface area contributed by atoms with Gasteiger partial charge in [0.2, 0.25) is 15.9 Å². The average Bonchev–Trinajstić information content (AvgIpc) is 2.64. The van der Waals surface area contributed by atoms with Gasteiger partial charge in [-0.1, -0.05) is 35.9 Å². The standard InChI is InChI=1S/C20H25N3O3S/c1-16-7-9-19(10-8-16)27(25,26)22-18-11-13-23(14-12-18)15-20(24)21-17-5-3-2-4-6-17/h2-10,18,22H,11-15H2,1H3,(H,21,24). The Kier molecular flexibility index (Phi) is 6.26. The van der Waals surface area contributed by atoms with Crippen molar-refractivity contribution in [2.24, 2.45) is 0 Å². The van der Waals surface area contributed by atoms with E-state index in [4.69, 9.17) is 0 Å². The Balaban J connectivity index is 1.47. The van der Waals surface area contributed by atoms with Gasteiger partial charge in [0.15, 0.2) is 0 Å². The monoisotopic (exact) mass is 387 g/mol. The molecule has 2 aromatic rings. The first-order valence-electron chi connectivity index (χ1n) is 9.09. The Morgan fingerprint density at radius 2 is 1.67 bits per heavy atom. The van der Waals surface area contributed by atoms with Gasteiger partial charge in [-0.2, -0.15) is 0 Å². The quantitative estimate of drug-likeness (QED) is 0.798. The number of amides is 1. The van der Waals surface area contributed by atoms with Crippen LogP contribution in [0.25, 0.3) is 0 Å². The van der Waals surface area contributed by atoms with Crippen molar-refractivity contribution in [2.75, 3.05) is 25.0 Å². The highest BCUT2D eigenvalue weighted by atomic mass is 32.2. The number of hydrogen-bond donors (Lipinski definition) is 2. The van der Waals surface area contributed by atoms with Crippen molar-refractivity contribution in [3.8, 4) is 0 Å². The van der Waals surface area contributed by atoms with E-state index in [1.807, 2.05) is 37.3 Å². The van der Waals surface area contributed by atoms with E-state index >= 15 is 0 Å². The summed E-state index contributed by atoms with van der Waals surface area (Å²) in [5.41, 5.74) is 1.80. The third-order valence-electron chi connectivity index (χ3n) is 4.67. The SMILES string of the molecule is Cc1ccc(S(=O)(=O)NC2CCN(CC(=O)Nc3ccccc3)CC2)cc1. The molecule has 2 aromatic carbocycles. The zero-order valence-corrected chi connectivity index (χ0v) is 16.2. The lowest BCUT2D eigenvalue weighted by Crippen LogP contribution is -2.46. The number of para-hydroxylation sites is 1. The van der Waals surface area contributed by atoms with Crippen LogP contribution in [-0.2, 0) is 14.8 Å². The van der Waals surface area contributed by atoms with Gasteiger partial charge in [-0.25, -0.2) is 13.1 Å². The van der Waals surface area contributed by atoms with Crippen LogP contribution in [0.15, 0.2) is 59.5 Å². The minimum absolute atomic E-state index is 0.0557. The van der Waals surface area contributed by atoms with Crippen molar-refractivity contribution < 1.29 is 13.2 Å². The van der Waals surface area contributed by atoms with Crippen LogP contribution >= 0.6 is 0 Å². The number of nitrogens with one attached hydrogen (secondary N) is 2. The number of benzene rings is 2. The molecule has 1 heterocycles. The Bertz CT molecular complexity index is 859. The van der Waals surface area contributed by atoms with Crippen LogP contribution in [0.2, 0.25) is 0 Å². The molecule has 3 rings (SSSR count). The van der Waals surface area contributed by atoms with Crippen LogP contribution in [-0.4, -0.2) is 44.9 Å². The molecule has 0 atom stereocenters. The van der Waals surface area contributed by atoms with Crippen LogP contribution in [0.5, 0.6) is 0 Å². The van der Waals surface area contributed by atoms with Gasteiger partial charge in [-0.05, 0) is 44.0 Å². The number of likely N-dealkylation sites (tertiary alicyclic amines) is 1. The van der Waals surface area contributed by atoms with Crippen molar-refractivity contribution in [3.05, 3.63) is 60.2 Å². The Morgan fingerprint density at radius 1 is 1.04 bits per heavy atom. The molecule has 0 bridgehead atoms. The molecular formula is C20H25N3O3S. The number of carbonyl (C=O) groups excluding carboxylic acids is 1. The largest absolute Gasteiger partial charge is 0.325 e. The fraction of sp³-hybridized carbons (Fsp3) is 0.350. The van der Waals surface area contributed by atoms with E-state index < -0.39 is 10.0 Å². The molecule has 1 saturated heterocycles. The number of piperidine rings is 1. The molecule has 27 heavy (non-hydrogen) atoms. The highest BCUT2D eigenvalue weighted by Gasteiger charge is 2.25. The molecule has 0 unspecified atom stereocenters. The average molecular weight is 388 g/mol. The second-order valence-corrected chi connectivity index (χ2v) is 8.61. The van der Waals surface area contributed by atoms with E-state index in [0.717, 1.165) is 11.3 Å². The van der Waals surface area contributed by atoms with Crippen LogP contribution in [0, 0.1) is 6.92 Å². The normalized spacial score (nSPS) is 16.2. The zero-order chi connectivity index (χ0) is 19.3. The minimum atomic E-state index is -3.51. The first kappa shape index (κ1) is 19.5. The van der Waals surface area contributed by atoms with E-state index in [0.29, 0.717) is 32.5 Å². The van der Waals surface area contributed by atoms with Crippen molar-refractivity contribution in [1.29, 1.82) is 0 Å². The molecule has 144 valence electrons. The number of hydrogen-bond acceptors (Lipinski definition) is 4. The molecule has 0 saturated carbocycles. The molecule has 0 spiro atoms. The Labute approximate surface area is 160 Å². The lowest BCUT2D eigenvalue weighted by atomic mass is 10.1. The van der Waals surface area contributed by atoms with Gasteiger partial charge < -0.3 is 5.32 Å². The number of anilines is 1. The van der Waals surface area contributed by atoms with E-state index in [2.05, 4.69) is 14.9 Å². The number of nitrogens with zero attached hydrogens (tertiary/aromatic N) is 1. The number of aryl methyl sites for hydroxylation is 1. The maximum atomic E-state index is 12.5. The molecule has 2 N–H and O–H groups in total. The van der Waals surface area contributed by atoms with Crippen molar-refractivity contribution in [2.45, 2.75) is 30.7 Å². The molecule has 1 aliphatic rings. The predicted molar refractivity (Wildman–Crippen MR) is 106 cm³/mol. The van der Waals surface area contributed by atoms with Gasteiger partial charge in [0, 0.05) is 24.8 Å². The summed E-state index contributed by atoms with van der Waals surface area (Å²) in [6.07, 6.45) is 1.37. The topological polar surface area (TPSA) is 78.5 Å². The first-order chi connectivity index (χ1) is 12.9. The smallest absolute Gasteiger partial charge is 0.240 e. The third kappa shape index (κ3) is 5.63. The van der Waals surface area contributed by atoms with Crippen molar-refractivity contribution in [1.82, 2.24) is 9.62 Å². The van der Waals surface area contributed by atoms with E-state index in [1.165, 1.54) is 0 Å². The van der Waals surface area contributed by atoms with E-state index in [-0.39, 0.29) is 16.8 Å². The summed E-state index contributed by atoms with van der Waals surface area (Å²) in [6, 6.07) is 16.1. The van der Waals surface area contributed by atoms with Gasteiger partial charge in [-0.3, -0.25) is 9.69 Å². The first-order valence-corrected chi connectivity index (χ1v) is 10.6. The Morgan fingerprint density at radius 3 is 2.30 bits per heavy atom. The summed E-state index contributed by atoms with van der Waals surface area (Å²) in [6.45, 7) is 3.60. The maximum Gasteiger partial charge on any atom is 0.240 e. The third-order valence-corrected chi connectivity index (χ3v) is 6.20. The maximum absolute atomic E-state index is 12.5. The number of sulfonamides is 1. The molecule has 0 radical (unpaired) electrons. The molecule has 1 amide bonds. The summed E-state index contributed by atoms with van der Waals surface area (Å²) in [5, 5.41) is 2.87. The van der Waals surface area contributed by atoms with Crippen LogP contribution in [0.4, 0.5) is 5.69 Å². The fourth-order valence-electron chi connectivity index (χ4n) is 3.14. The highest BCUT2D eigenvalue weighted by molar-refractivity contribution is 7.89. The van der Waals surface area contributed by atoms with Gasteiger partial charge >= 0.3 is 0 Å². The van der Waals surface area contributed by atoms with E-state index in [1.54, 1.807) is 24.3 Å². The summed E-state index contributed by atoms with van der Waals surface area (Å²) in [7, 11) is -3.51. The summed E-state index contributed by atoms with van der Waals surface area (Å²) in [5.74, 6) is -0.0557. The van der Waals surface area contributed by atoms with E-state index in [9.17, 15) is 13.2 Å². The molecular weight excluding hydrogens is 362 g/mol. The van der Waals surface area contributed by atoms with Gasteiger partial charge in [0.1, 0.15) is 0 Å². The lowest BCUT2D eigenvalue weighted by molar-refractivity contribution is -0.117. The molecule has 7 heteroatoms.